The van der Waals surface area contributed by atoms with Crippen LogP contribution in [0.4, 0.5) is 0 Å². The number of aromatic nitrogens is 3. The van der Waals surface area contributed by atoms with E-state index in [-0.39, 0.29) is 10.8 Å². The summed E-state index contributed by atoms with van der Waals surface area (Å²) in [5, 5.41) is 8.09. The smallest absolute Gasteiger partial charge is 0.152 e. The molecule has 80 valence electrons. The molecule has 0 radical (unpaired) electrons. The Kier molecular flexibility index (Phi) is 3.58. The maximum Gasteiger partial charge on any atom is 0.152 e. The van der Waals surface area contributed by atoms with Gasteiger partial charge in [0.2, 0.25) is 0 Å². The third-order valence-corrected chi connectivity index (χ3v) is 2.91. The van der Waals surface area contributed by atoms with Crippen LogP contribution in [0, 0.1) is 0 Å². The van der Waals surface area contributed by atoms with Crippen LogP contribution in [0.3, 0.4) is 0 Å². The van der Waals surface area contributed by atoms with Gasteiger partial charge in [-0.3, -0.25) is 4.68 Å². The van der Waals surface area contributed by atoms with E-state index in [2.05, 4.69) is 40.1 Å². The second kappa shape index (κ2) is 4.19. The van der Waals surface area contributed by atoms with Gasteiger partial charge < -0.3 is 0 Å². The van der Waals surface area contributed by atoms with Crippen molar-refractivity contribution in [3.8, 4) is 0 Å². The molecule has 1 atom stereocenters. The molecule has 5 heteroatoms. The van der Waals surface area contributed by atoms with Gasteiger partial charge in [0.25, 0.3) is 0 Å². The van der Waals surface area contributed by atoms with E-state index in [1.807, 2.05) is 14.0 Å². The molecular formula is C9H15BrClN3. The SMILES string of the molecule is CC(Cl)CC(C)(C)c1c(Br)nnn1C. The Morgan fingerprint density at radius 3 is 2.50 bits per heavy atom. The largest absolute Gasteiger partial charge is 0.251 e. The zero-order chi connectivity index (χ0) is 10.9. The number of hydrogen-bond acceptors (Lipinski definition) is 2. The zero-order valence-corrected chi connectivity index (χ0v) is 11.2. The summed E-state index contributed by atoms with van der Waals surface area (Å²) in [5.41, 5.74) is 1.07. The first-order valence-corrected chi connectivity index (χ1v) is 5.77. The number of hydrogen-bond donors (Lipinski definition) is 0. The van der Waals surface area contributed by atoms with Gasteiger partial charge in [-0.05, 0) is 29.3 Å². The lowest BCUT2D eigenvalue weighted by molar-refractivity contribution is 0.436. The van der Waals surface area contributed by atoms with Gasteiger partial charge in [-0.2, -0.15) is 0 Å². The van der Waals surface area contributed by atoms with Crippen LogP contribution in [0.15, 0.2) is 4.60 Å². The zero-order valence-electron chi connectivity index (χ0n) is 8.88. The average Bonchev–Trinajstić information content (AvgIpc) is 2.27. The fourth-order valence-electron chi connectivity index (χ4n) is 1.85. The van der Waals surface area contributed by atoms with Gasteiger partial charge in [0.1, 0.15) is 0 Å². The number of nitrogens with zero attached hydrogens (tertiary/aromatic N) is 3. The van der Waals surface area contributed by atoms with Gasteiger partial charge in [-0.15, -0.1) is 16.7 Å². The number of halogens is 2. The summed E-state index contributed by atoms with van der Waals surface area (Å²) in [5.74, 6) is 0. The van der Waals surface area contributed by atoms with Crippen molar-refractivity contribution in [2.24, 2.45) is 7.05 Å². The highest BCUT2D eigenvalue weighted by Crippen LogP contribution is 2.33. The van der Waals surface area contributed by atoms with Gasteiger partial charge in [0.05, 0.1) is 5.69 Å². The molecule has 1 heterocycles. The first kappa shape index (κ1) is 12.0. The van der Waals surface area contributed by atoms with Crippen LogP contribution in [0.5, 0.6) is 0 Å². The van der Waals surface area contributed by atoms with Crippen LogP contribution in [0.25, 0.3) is 0 Å². The van der Waals surface area contributed by atoms with Gasteiger partial charge in [-0.25, -0.2) is 0 Å². The van der Waals surface area contributed by atoms with Gasteiger partial charge in [-0.1, -0.05) is 19.1 Å². The molecule has 0 saturated heterocycles. The summed E-state index contributed by atoms with van der Waals surface area (Å²) in [7, 11) is 1.90. The second-order valence-electron chi connectivity index (χ2n) is 4.22. The molecular weight excluding hydrogens is 265 g/mol. The molecule has 0 spiro atoms. The third kappa shape index (κ3) is 2.48. The van der Waals surface area contributed by atoms with Crippen molar-refractivity contribution < 1.29 is 0 Å². The van der Waals surface area contributed by atoms with Crippen LogP contribution < -0.4 is 0 Å². The Hall–Kier alpha value is -0.0900. The summed E-state index contributed by atoms with van der Waals surface area (Å²) >= 11 is 9.42. The standard InChI is InChI=1S/C9H15BrClN3/c1-6(11)5-9(2,3)7-8(10)12-13-14(7)4/h6H,5H2,1-4H3. The van der Waals surface area contributed by atoms with E-state index in [9.17, 15) is 0 Å². The topological polar surface area (TPSA) is 30.7 Å². The van der Waals surface area contributed by atoms with E-state index in [0.717, 1.165) is 16.7 Å². The molecule has 1 aromatic heterocycles. The highest BCUT2D eigenvalue weighted by Gasteiger charge is 2.29. The fourth-order valence-corrected chi connectivity index (χ4v) is 3.10. The maximum atomic E-state index is 6.02. The van der Waals surface area contributed by atoms with Crippen molar-refractivity contribution in [3.63, 3.8) is 0 Å². The first-order chi connectivity index (χ1) is 6.34. The average molecular weight is 281 g/mol. The van der Waals surface area contributed by atoms with Crippen LogP contribution >= 0.6 is 27.5 Å². The van der Waals surface area contributed by atoms with Crippen molar-refractivity contribution in [1.82, 2.24) is 15.0 Å². The molecule has 0 aliphatic heterocycles. The molecule has 1 aromatic rings. The lowest BCUT2D eigenvalue weighted by Crippen LogP contribution is -2.24. The normalized spacial score (nSPS) is 14.4. The maximum absolute atomic E-state index is 6.02. The predicted molar refractivity (Wildman–Crippen MR) is 61.7 cm³/mol. The molecule has 0 bridgehead atoms. The van der Waals surface area contributed by atoms with Gasteiger partial charge >= 0.3 is 0 Å². The van der Waals surface area contributed by atoms with E-state index >= 15 is 0 Å². The summed E-state index contributed by atoms with van der Waals surface area (Å²) in [4.78, 5) is 0. The van der Waals surface area contributed by atoms with Crippen LogP contribution in [0.2, 0.25) is 0 Å². The quantitative estimate of drug-likeness (QED) is 0.797. The van der Waals surface area contributed by atoms with E-state index < -0.39 is 0 Å². The van der Waals surface area contributed by atoms with Crippen molar-refractivity contribution in [1.29, 1.82) is 0 Å². The molecule has 0 aromatic carbocycles. The molecule has 0 amide bonds. The van der Waals surface area contributed by atoms with E-state index in [4.69, 9.17) is 11.6 Å². The van der Waals surface area contributed by atoms with Crippen LogP contribution in [0.1, 0.15) is 32.9 Å². The van der Waals surface area contributed by atoms with Crippen LogP contribution in [-0.4, -0.2) is 20.4 Å². The number of alkyl halides is 1. The van der Waals surface area contributed by atoms with E-state index in [0.29, 0.717) is 0 Å². The number of rotatable bonds is 3. The Bertz CT molecular complexity index is 300. The molecule has 0 aliphatic rings. The van der Waals surface area contributed by atoms with Crippen molar-refractivity contribution in [2.75, 3.05) is 0 Å². The minimum Gasteiger partial charge on any atom is -0.251 e. The highest BCUT2D eigenvalue weighted by molar-refractivity contribution is 9.10. The molecule has 3 nitrogen and oxygen atoms in total. The van der Waals surface area contributed by atoms with Crippen molar-refractivity contribution >= 4 is 27.5 Å². The van der Waals surface area contributed by atoms with Gasteiger partial charge in [0.15, 0.2) is 4.60 Å². The third-order valence-electron chi connectivity index (χ3n) is 2.22. The first-order valence-electron chi connectivity index (χ1n) is 4.54. The highest BCUT2D eigenvalue weighted by atomic mass is 79.9. The second-order valence-corrected chi connectivity index (χ2v) is 5.72. The van der Waals surface area contributed by atoms with Gasteiger partial charge in [0, 0.05) is 17.8 Å². The summed E-state index contributed by atoms with van der Waals surface area (Å²) in [6, 6.07) is 0. The molecule has 1 unspecified atom stereocenters. The molecule has 14 heavy (non-hydrogen) atoms. The predicted octanol–water partition coefficient (Wildman–Crippen LogP) is 2.87. The number of aryl methyl sites for hydroxylation is 1. The fraction of sp³-hybridized carbons (Fsp3) is 0.778. The summed E-state index contributed by atoms with van der Waals surface area (Å²) < 4.78 is 2.60. The van der Waals surface area contributed by atoms with Crippen LogP contribution in [-0.2, 0) is 12.5 Å². The lowest BCUT2D eigenvalue weighted by Gasteiger charge is -2.25. The lowest BCUT2D eigenvalue weighted by atomic mass is 9.85. The van der Waals surface area contributed by atoms with Crippen molar-refractivity contribution in [3.05, 3.63) is 10.3 Å². The Morgan fingerprint density at radius 2 is 2.14 bits per heavy atom. The minimum absolute atomic E-state index is 0.0156. The molecule has 0 fully saturated rings. The summed E-state index contributed by atoms with van der Waals surface area (Å²) in [6.45, 7) is 6.30. The molecule has 1 rings (SSSR count). The van der Waals surface area contributed by atoms with Crippen molar-refractivity contribution in [2.45, 2.75) is 38.0 Å². The Balaban J connectivity index is 3.02. The Morgan fingerprint density at radius 1 is 1.57 bits per heavy atom. The molecule has 0 saturated carbocycles. The monoisotopic (exact) mass is 279 g/mol. The van der Waals surface area contributed by atoms with E-state index in [1.54, 1.807) is 4.68 Å². The minimum atomic E-state index is -0.0156. The summed E-state index contributed by atoms with van der Waals surface area (Å²) in [6.07, 6.45) is 0.897. The molecule has 0 N–H and O–H groups in total. The molecule has 0 aliphatic carbocycles. The Labute approximate surface area is 98.0 Å². The van der Waals surface area contributed by atoms with E-state index in [1.165, 1.54) is 0 Å².